The molecule has 3 amide bonds. The van der Waals surface area contributed by atoms with Gasteiger partial charge in [-0.15, -0.1) is 10.2 Å². The number of anilines is 1. The first-order chi connectivity index (χ1) is 14.5. The number of carbonyl (C=O) groups is 3. The predicted molar refractivity (Wildman–Crippen MR) is 114 cm³/mol. The second-order valence-corrected chi connectivity index (χ2v) is 7.85. The molecule has 7 nitrogen and oxygen atoms in total. The molecule has 2 aromatic carbocycles. The molecule has 30 heavy (non-hydrogen) atoms. The summed E-state index contributed by atoms with van der Waals surface area (Å²) in [7, 11) is 0. The number of hydrogen-bond acceptors (Lipinski definition) is 6. The molecule has 0 unspecified atom stereocenters. The third kappa shape index (κ3) is 4.18. The van der Waals surface area contributed by atoms with Crippen LogP contribution >= 0.6 is 11.3 Å². The Balaban J connectivity index is 1.32. The SMILES string of the molecule is Cc1ccc(/C=C/C(=O)Nc2nnc(CCN3C(=O)c4ccccc4C3=O)s2)cc1. The normalized spacial score (nSPS) is 13.2. The number of nitrogens with one attached hydrogen (secondary N) is 1. The van der Waals surface area contributed by atoms with E-state index in [-0.39, 0.29) is 24.3 Å². The van der Waals surface area contributed by atoms with Crippen LogP contribution in [-0.4, -0.2) is 39.4 Å². The molecule has 0 bridgehead atoms. The Morgan fingerprint density at radius 2 is 1.70 bits per heavy atom. The lowest BCUT2D eigenvalue weighted by molar-refractivity contribution is -0.111. The predicted octanol–water partition coefficient (Wildman–Crippen LogP) is 3.34. The molecule has 0 atom stereocenters. The highest BCUT2D eigenvalue weighted by atomic mass is 32.1. The third-order valence-corrected chi connectivity index (χ3v) is 5.53. The molecule has 150 valence electrons. The number of nitrogens with zero attached hydrogens (tertiary/aromatic N) is 3. The number of benzene rings is 2. The van der Waals surface area contributed by atoms with Crippen molar-refractivity contribution in [2.75, 3.05) is 11.9 Å². The van der Waals surface area contributed by atoms with Crippen molar-refractivity contribution in [1.82, 2.24) is 15.1 Å². The summed E-state index contributed by atoms with van der Waals surface area (Å²) < 4.78 is 0. The number of carbonyl (C=O) groups excluding carboxylic acids is 3. The number of amides is 3. The number of hydrogen-bond donors (Lipinski definition) is 1. The van der Waals surface area contributed by atoms with Crippen molar-refractivity contribution in [3.8, 4) is 0 Å². The van der Waals surface area contributed by atoms with Crippen LogP contribution in [0.5, 0.6) is 0 Å². The minimum Gasteiger partial charge on any atom is -0.297 e. The van der Waals surface area contributed by atoms with Gasteiger partial charge in [0.15, 0.2) is 0 Å². The Hall–Kier alpha value is -3.65. The van der Waals surface area contributed by atoms with Gasteiger partial charge in [0.05, 0.1) is 11.1 Å². The van der Waals surface area contributed by atoms with Gasteiger partial charge in [0.2, 0.25) is 11.0 Å². The van der Waals surface area contributed by atoms with Crippen molar-refractivity contribution in [3.63, 3.8) is 0 Å². The van der Waals surface area contributed by atoms with Gasteiger partial charge >= 0.3 is 0 Å². The van der Waals surface area contributed by atoms with Crippen LogP contribution < -0.4 is 5.32 Å². The van der Waals surface area contributed by atoms with Crippen molar-refractivity contribution in [2.24, 2.45) is 0 Å². The van der Waals surface area contributed by atoms with Gasteiger partial charge in [-0.25, -0.2) is 0 Å². The maximum atomic E-state index is 12.4. The lowest BCUT2D eigenvalue weighted by atomic mass is 10.1. The molecule has 1 N–H and O–H groups in total. The first kappa shape index (κ1) is 19.7. The largest absolute Gasteiger partial charge is 0.297 e. The molecule has 0 radical (unpaired) electrons. The molecule has 0 saturated carbocycles. The van der Waals surface area contributed by atoms with Gasteiger partial charge in [0.25, 0.3) is 11.8 Å². The molecule has 0 aliphatic carbocycles. The molecule has 1 aromatic heterocycles. The minimum atomic E-state index is -0.307. The fourth-order valence-corrected chi connectivity index (χ4v) is 3.78. The Morgan fingerprint density at radius 3 is 2.37 bits per heavy atom. The van der Waals surface area contributed by atoms with Gasteiger partial charge in [0.1, 0.15) is 5.01 Å². The highest BCUT2D eigenvalue weighted by Crippen LogP contribution is 2.23. The van der Waals surface area contributed by atoms with Crippen LogP contribution in [0, 0.1) is 6.92 Å². The third-order valence-electron chi connectivity index (χ3n) is 4.63. The van der Waals surface area contributed by atoms with E-state index in [0.717, 1.165) is 11.1 Å². The van der Waals surface area contributed by atoms with Gasteiger partial charge in [-0.3, -0.25) is 24.6 Å². The molecule has 4 rings (SSSR count). The van der Waals surface area contributed by atoms with Gasteiger partial charge in [0, 0.05) is 19.0 Å². The number of imide groups is 1. The van der Waals surface area contributed by atoms with Gasteiger partial charge in [-0.1, -0.05) is 53.3 Å². The second kappa shape index (κ2) is 8.38. The standard InChI is InChI=1S/C22H18N4O3S/c1-14-6-8-15(9-7-14)10-11-18(27)23-22-25-24-19(30-22)12-13-26-20(28)16-4-2-3-5-17(16)21(26)29/h2-11H,12-13H2,1H3,(H,23,25,27)/b11-10+. The topological polar surface area (TPSA) is 92.3 Å². The minimum absolute atomic E-state index is 0.211. The van der Waals surface area contributed by atoms with E-state index in [9.17, 15) is 14.4 Å². The lowest BCUT2D eigenvalue weighted by Gasteiger charge is -2.11. The summed E-state index contributed by atoms with van der Waals surface area (Å²) in [6, 6.07) is 14.6. The lowest BCUT2D eigenvalue weighted by Crippen LogP contribution is -2.31. The zero-order valence-corrected chi connectivity index (χ0v) is 17.0. The summed E-state index contributed by atoms with van der Waals surface area (Å²) in [4.78, 5) is 38.1. The van der Waals surface area contributed by atoms with E-state index in [1.807, 2.05) is 31.2 Å². The van der Waals surface area contributed by atoms with Crippen LogP contribution in [0.2, 0.25) is 0 Å². The fraction of sp³-hybridized carbons (Fsp3) is 0.136. The first-order valence-electron chi connectivity index (χ1n) is 9.34. The van der Waals surface area contributed by atoms with E-state index in [2.05, 4.69) is 15.5 Å². The van der Waals surface area contributed by atoms with Crippen LogP contribution in [0.25, 0.3) is 6.08 Å². The zero-order valence-electron chi connectivity index (χ0n) is 16.2. The number of aromatic nitrogens is 2. The van der Waals surface area contributed by atoms with Crippen molar-refractivity contribution >= 4 is 40.3 Å². The maximum Gasteiger partial charge on any atom is 0.261 e. The summed E-state index contributed by atoms with van der Waals surface area (Å²) in [5.74, 6) is -0.900. The molecule has 3 aromatic rings. The Kier molecular flexibility index (Phi) is 5.49. The van der Waals surface area contributed by atoms with Crippen molar-refractivity contribution in [3.05, 3.63) is 81.9 Å². The maximum absolute atomic E-state index is 12.4. The molecular formula is C22H18N4O3S. The van der Waals surface area contributed by atoms with Crippen LogP contribution in [0.1, 0.15) is 36.9 Å². The smallest absolute Gasteiger partial charge is 0.261 e. The molecule has 2 heterocycles. The molecule has 1 aliphatic rings. The monoisotopic (exact) mass is 418 g/mol. The molecule has 0 fully saturated rings. The molecular weight excluding hydrogens is 400 g/mol. The van der Waals surface area contributed by atoms with E-state index < -0.39 is 0 Å². The van der Waals surface area contributed by atoms with Crippen molar-refractivity contribution in [2.45, 2.75) is 13.3 Å². The molecule has 0 saturated heterocycles. The molecule has 8 heteroatoms. The second-order valence-electron chi connectivity index (χ2n) is 6.79. The average Bonchev–Trinajstić information content (AvgIpc) is 3.29. The average molecular weight is 418 g/mol. The quantitative estimate of drug-likeness (QED) is 0.490. The van der Waals surface area contributed by atoms with E-state index >= 15 is 0 Å². The van der Waals surface area contributed by atoms with E-state index in [1.54, 1.807) is 30.3 Å². The van der Waals surface area contributed by atoms with Crippen LogP contribution in [-0.2, 0) is 11.2 Å². The molecule has 1 aliphatic heterocycles. The van der Waals surface area contributed by atoms with Crippen molar-refractivity contribution < 1.29 is 14.4 Å². The van der Waals surface area contributed by atoms with E-state index in [4.69, 9.17) is 0 Å². The number of fused-ring (bicyclic) bond motifs is 1. The Bertz CT molecular complexity index is 1120. The summed E-state index contributed by atoms with van der Waals surface area (Å²) in [5, 5.41) is 11.7. The van der Waals surface area contributed by atoms with Gasteiger partial charge in [-0.2, -0.15) is 0 Å². The fourth-order valence-electron chi connectivity index (χ4n) is 3.05. The zero-order chi connectivity index (χ0) is 21.1. The van der Waals surface area contributed by atoms with E-state index in [1.165, 1.54) is 22.3 Å². The van der Waals surface area contributed by atoms with Crippen LogP contribution in [0.15, 0.2) is 54.6 Å². The number of aryl methyl sites for hydroxylation is 1. The van der Waals surface area contributed by atoms with E-state index in [0.29, 0.717) is 27.7 Å². The summed E-state index contributed by atoms with van der Waals surface area (Å²) in [6.07, 6.45) is 3.53. The molecule has 0 spiro atoms. The number of rotatable bonds is 6. The summed E-state index contributed by atoms with van der Waals surface area (Å²) in [6.45, 7) is 2.21. The van der Waals surface area contributed by atoms with Crippen LogP contribution in [0.4, 0.5) is 5.13 Å². The summed E-state index contributed by atoms with van der Waals surface area (Å²) >= 11 is 1.22. The highest BCUT2D eigenvalue weighted by Gasteiger charge is 2.34. The van der Waals surface area contributed by atoms with Gasteiger partial charge < -0.3 is 0 Å². The first-order valence-corrected chi connectivity index (χ1v) is 10.2. The highest BCUT2D eigenvalue weighted by molar-refractivity contribution is 7.15. The van der Waals surface area contributed by atoms with Crippen molar-refractivity contribution in [1.29, 1.82) is 0 Å². The Labute approximate surface area is 177 Å². The Morgan fingerprint density at radius 1 is 1.03 bits per heavy atom. The van der Waals surface area contributed by atoms with Crippen LogP contribution in [0.3, 0.4) is 0 Å². The summed E-state index contributed by atoms with van der Waals surface area (Å²) in [5.41, 5.74) is 2.93. The van der Waals surface area contributed by atoms with Gasteiger partial charge in [-0.05, 0) is 30.7 Å².